The number of hydrogen-bond donors (Lipinski definition) is 3. The van der Waals surface area contributed by atoms with Crippen LogP contribution in [0.15, 0.2) is 88.5 Å². The third kappa shape index (κ3) is 4.30. The second-order valence-corrected chi connectivity index (χ2v) is 7.34. The molecule has 3 aromatic carbocycles. The predicted octanol–water partition coefficient (Wildman–Crippen LogP) is 4.13. The van der Waals surface area contributed by atoms with Crippen LogP contribution in [0.25, 0.3) is 33.8 Å². The van der Waals surface area contributed by atoms with Crippen molar-refractivity contribution in [3.63, 3.8) is 0 Å². The van der Waals surface area contributed by atoms with E-state index in [0.29, 0.717) is 28.5 Å². The molecule has 1 amide bonds. The minimum absolute atomic E-state index is 0.0679. The summed E-state index contributed by atoms with van der Waals surface area (Å²) in [6, 6.07) is 20.2. The Balaban J connectivity index is 1.28. The molecule has 5 rings (SSSR count). The van der Waals surface area contributed by atoms with Gasteiger partial charge in [-0.05, 0) is 60.7 Å². The van der Waals surface area contributed by atoms with Crippen LogP contribution < -0.4 is 5.43 Å². The van der Waals surface area contributed by atoms with Crippen molar-refractivity contribution in [3.8, 4) is 34.4 Å². The van der Waals surface area contributed by atoms with Crippen molar-refractivity contribution in [2.24, 2.45) is 5.10 Å². The molecule has 0 spiro atoms. The lowest BCUT2D eigenvalue weighted by atomic mass is 10.1. The molecular weight excluding hydrogens is 434 g/mol. The summed E-state index contributed by atoms with van der Waals surface area (Å²) in [6.07, 6.45) is 3.02. The number of pyridine rings is 1. The molecule has 0 saturated carbocycles. The van der Waals surface area contributed by atoms with Crippen LogP contribution in [0.2, 0.25) is 0 Å². The zero-order valence-corrected chi connectivity index (χ0v) is 17.6. The Labute approximate surface area is 193 Å². The van der Waals surface area contributed by atoms with E-state index in [9.17, 15) is 15.0 Å². The Hall–Kier alpha value is -5.05. The molecule has 5 aromatic rings. The lowest BCUT2D eigenvalue weighted by Gasteiger charge is -2.02. The number of hydrazone groups is 1. The van der Waals surface area contributed by atoms with Gasteiger partial charge < -0.3 is 14.6 Å². The van der Waals surface area contributed by atoms with Gasteiger partial charge in [-0.25, -0.2) is 5.43 Å². The Kier molecular flexibility index (Phi) is 5.41. The molecule has 0 aliphatic heterocycles. The maximum atomic E-state index is 12.3. The average molecular weight is 451 g/mol. The van der Waals surface area contributed by atoms with Crippen LogP contribution in [0.5, 0.6) is 11.5 Å². The summed E-state index contributed by atoms with van der Waals surface area (Å²) < 4.78 is 5.83. The second-order valence-electron chi connectivity index (χ2n) is 7.34. The van der Waals surface area contributed by atoms with Crippen LogP contribution in [-0.4, -0.2) is 37.5 Å². The van der Waals surface area contributed by atoms with Crippen LogP contribution in [0.1, 0.15) is 15.9 Å². The van der Waals surface area contributed by atoms with Gasteiger partial charge in [0.1, 0.15) is 11.5 Å². The fourth-order valence-corrected chi connectivity index (χ4v) is 3.30. The highest BCUT2D eigenvalue weighted by atomic mass is 16.4. The van der Waals surface area contributed by atoms with E-state index in [1.54, 1.807) is 30.5 Å². The van der Waals surface area contributed by atoms with Gasteiger partial charge in [-0.3, -0.25) is 9.78 Å². The molecule has 0 atom stereocenters. The number of fused-ring (bicyclic) bond motifs is 1. The summed E-state index contributed by atoms with van der Waals surface area (Å²) in [5, 5.41) is 32.1. The van der Waals surface area contributed by atoms with Gasteiger partial charge in [-0.2, -0.15) is 5.10 Å². The van der Waals surface area contributed by atoms with Crippen LogP contribution in [0.4, 0.5) is 0 Å². The van der Waals surface area contributed by atoms with Gasteiger partial charge in [0.15, 0.2) is 0 Å². The van der Waals surface area contributed by atoms with E-state index in [-0.39, 0.29) is 11.5 Å². The molecule has 34 heavy (non-hydrogen) atoms. The summed E-state index contributed by atoms with van der Waals surface area (Å²) in [4.78, 5) is 16.6. The van der Waals surface area contributed by atoms with Crippen molar-refractivity contribution in [1.82, 2.24) is 20.6 Å². The molecule has 2 heterocycles. The fourth-order valence-electron chi connectivity index (χ4n) is 3.30. The minimum atomic E-state index is -0.433. The van der Waals surface area contributed by atoms with Gasteiger partial charge in [0.2, 0.25) is 11.8 Å². The zero-order chi connectivity index (χ0) is 23.5. The van der Waals surface area contributed by atoms with E-state index >= 15 is 0 Å². The van der Waals surface area contributed by atoms with Crippen LogP contribution in [0, 0.1) is 0 Å². The highest BCUT2D eigenvalue weighted by molar-refractivity contribution is 5.95. The summed E-state index contributed by atoms with van der Waals surface area (Å²) in [7, 11) is 0. The Bertz CT molecular complexity index is 1530. The smallest absolute Gasteiger partial charge is 0.271 e. The van der Waals surface area contributed by atoms with Gasteiger partial charge in [0.25, 0.3) is 5.91 Å². The highest BCUT2D eigenvalue weighted by Crippen LogP contribution is 2.26. The summed E-state index contributed by atoms with van der Waals surface area (Å²) in [5.41, 5.74) is 5.44. The third-order valence-corrected chi connectivity index (χ3v) is 5.05. The number of phenols is 2. The monoisotopic (exact) mass is 451 g/mol. The van der Waals surface area contributed by atoms with E-state index in [2.05, 4.69) is 25.7 Å². The van der Waals surface area contributed by atoms with Gasteiger partial charge in [0, 0.05) is 39.9 Å². The summed E-state index contributed by atoms with van der Waals surface area (Å²) >= 11 is 0. The number of benzene rings is 3. The molecule has 3 N–H and O–H groups in total. The quantitative estimate of drug-likeness (QED) is 0.270. The number of aromatic hydroxyl groups is 2. The normalized spacial score (nSPS) is 11.2. The topological polar surface area (TPSA) is 134 Å². The molecule has 0 radical (unpaired) electrons. The van der Waals surface area contributed by atoms with Gasteiger partial charge in [-0.15, -0.1) is 10.2 Å². The molecule has 0 aliphatic rings. The van der Waals surface area contributed by atoms with Crippen molar-refractivity contribution in [2.45, 2.75) is 0 Å². The van der Waals surface area contributed by atoms with Crippen molar-refractivity contribution in [1.29, 1.82) is 0 Å². The maximum absolute atomic E-state index is 12.3. The number of carbonyl (C=O) groups is 1. The van der Waals surface area contributed by atoms with Crippen LogP contribution >= 0.6 is 0 Å². The van der Waals surface area contributed by atoms with Crippen molar-refractivity contribution >= 4 is 23.0 Å². The molecule has 9 heteroatoms. The number of carbonyl (C=O) groups excluding carboxylic acids is 1. The first-order valence-electron chi connectivity index (χ1n) is 10.2. The highest BCUT2D eigenvalue weighted by Gasteiger charge is 2.12. The fraction of sp³-hybridized carbons (Fsp3) is 0. The number of nitrogens with one attached hydrogen (secondary N) is 1. The number of phenolic OH excluding ortho intramolecular Hbond substituents is 2. The third-order valence-electron chi connectivity index (χ3n) is 5.05. The number of hydrogen-bond acceptors (Lipinski definition) is 8. The molecule has 0 saturated heterocycles. The Morgan fingerprint density at radius 3 is 2.47 bits per heavy atom. The molecule has 0 unspecified atom stereocenters. The Morgan fingerprint density at radius 2 is 1.68 bits per heavy atom. The van der Waals surface area contributed by atoms with Gasteiger partial charge >= 0.3 is 0 Å². The number of rotatable bonds is 5. The van der Waals surface area contributed by atoms with E-state index in [1.807, 2.05) is 30.3 Å². The standard InChI is InChI=1S/C25H17N5O4/c31-20-9-7-19(22(32)13-20)14-27-28-23(33)15-3-5-16(6-4-15)24-29-30-25(34-24)18-8-10-21-17(12-18)2-1-11-26-21/h1-14,31-32H,(H,28,33)/b27-14+. The number of nitrogens with zero attached hydrogens (tertiary/aromatic N) is 4. The summed E-state index contributed by atoms with van der Waals surface area (Å²) in [6.45, 7) is 0. The van der Waals surface area contributed by atoms with Gasteiger partial charge in [-0.1, -0.05) is 6.07 Å². The lowest BCUT2D eigenvalue weighted by molar-refractivity contribution is 0.0955. The SMILES string of the molecule is O=C(N/N=C/c1ccc(O)cc1O)c1ccc(-c2nnc(-c3ccc4ncccc4c3)o2)cc1. The van der Waals surface area contributed by atoms with Crippen molar-refractivity contribution < 1.29 is 19.4 Å². The second kappa shape index (κ2) is 8.83. The van der Waals surface area contributed by atoms with E-state index in [1.165, 1.54) is 24.4 Å². The molecule has 2 aromatic heterocycles. The van der Waals surface area contributed by atoms with E-state index < -0.39 is 5.91 Å². The van der Waals surface area contributed by atoms with Crippen molar-refractivity contribution in [2.75, 3.05) is 0 Å². The first kappa shape index (κ1) is 20.8. The largest absolute Gasteiger partial charge is 0.508 e. The first-order valence-corrected chi connectivity index (χ1v) is 10.2. The number of aromatic nitrogens is 3. The Morgan fingerprint density at radius 1 is 0.912 bits per heavy atom. The summed E-state index contributed by atoms with van der Waals surface area (Å²) in [5.74, 6) is 0.0591. The maximum Gasteiger partial charge on any atom is 0.271 e. The molecule has 166 valence electrons. The van der Waals surface area contributed by atoms with Crippen LogP contribution in [-0.2, 0) is 0 Å². The molecular formula is C25H17N5O4. The predicted molar refractivity (Wildman–Crippen MR) is 125 cm³/mol. The number of amides is 1. The van der Waals surface area contributed by atoms with Crippen LogP contribution in [0.3, 0.4) is 0 Å². The molecule has 0 aliphatic carbocycles. The van der Waals surface area contributed by atoms with E-state index in [4.69, 9.17) is 4.42 Å². The minimum Gasteiger partial charge on any atom is -0.508 e. The molecule has 9 nitrogen and oxygen atoms in total. The lowest BCUT2D eigenvalue weighted by Crippen LogP contribution is -2.17. The van der Waals surface area contributed by atoms with E-state index in [0.717, 1.165) is 16.5 Å². The average Bonchev–Trinajstić information content (AvgIpc) is 3.35. The first-order chi connectivity index (χ1) is 16.6. The molecule has 0 fully saturated rings. The van der Waals surface area contributed by atoms with Crippen molar-refractivity contribution in [3.05, 3.63) is 90.1 Å². The molecule has 0 bridgehead atoms. The zero-order valence-electron chi connectivity index (χ0n) is 17.6. The van der Waals surface area contributed by atoms with Gasteiger partial charge in [0.05, 0.1) is 11.7 Å².